The molecule has 2 N–H and O–H groups in total. The second-order valence-electron chi connectivity index (χ2n) is 7.37. The number of sulfone groups is 1. The van der Waals surface area contributed by atoms with Crippen LogP contribution in [0.2, 0.25) is 0 Å². The number of hydrogen-bond donors (Lipinski definition) is 2. The molecule has 3 aromatic rings. The van der Waals surface area contributed by atoms with E-state index in [1.807, 2.05) is 6.07 Å². The highest BCUT2D eigenvalue weighted by molar-refractivity contribution is 7.91. The molecular formula is C19H19F3N6O2S. The van der Waals surface area contributed by atoms with Crippen LogP contribution < -0.4 is 5.32 Å². The van der Waals surface area contributed by atoms with Gasteiger partial charge in [-0.1, -0.05) is 12.1 Å². The van der Waals surface area contributed by atoms with Crippen LogP contribution in [0.1, 0.15) is 30.0 Å². The number of H-pyrrole nitrogens is 1. The van der Waals surface area contributed by atoms with Gasteiger partial charge in [-0.15, -0.1) is 10.2 Å². The first kappa shape index (κ1) is 21.4. The molecule has 8 nitrogen and oxygen atoms in total. The zero-order chi connectivity index (χ0) is 22.2. The summed E-state index contributed by atoms with van der Waals surface area (Å²) in [6.07, 6.45) is -0.733. The number of benzene rings is 1. The monoisotopic (exact) mass is 452 g/mol. The van der Waals surface area contributed by atoms with Gasteiger partial charge in [0.15, 0.2) is 9.84 Å². The zero-order valence-electron chi connectivity index (χ0n) is 16.4. The molecule has 0 atom stereocenters. The normalized spacial score (nSPS) is 15.9. The summed E-state index contributed by atoms with van der Waals surface area (Å²) in [5, 5.41) is 16.4. The van der Waals surface area contributed by atoms with Crippen LogP contribution in [0.3, 0.4) is 0 Å². The molecule has 31 heavy (non-hydrogen) atoms. The molecule has 1 aliphatic rings. The van der Waals surface area contributed by atoms with Gasteiger partial charge in [-0.3, -0.25) is 4.98 Å². The molecule has 1 fully saturated rings. The van der Waals surface area contributed by atoms with Crippen LogP contribution >= 0.6 is 0 Å². The Hall–Kier alpha value is -2.86. The van der Waals surface area contributed by atoms with E-state index < -0.39 is 26.5 Å². The highest BCUT2D eigenvalue weighted by Crippen LogP contribution is 2.43. The second kappa shape index (κ2) is 8.00. The minimum absolute atomic E-state index is 0.221. The molecule has 12 heteroatoms. The van der Waals surface area contributed by atoms with Crippen molar-refractivity contribution in [3.63, 3.8) is 0 Å². The molecule has 0 unspecified atom stereocenters. The fraction of sp³-hybridized carbons (Fsp3) is 0.368. The predicted molar refractivity (Wildman–Crippen MR) is 106 cm³/mol. The lowest BCUT2D eigenvalue weighted by molar-refractivity contribution is -0.139. The van der Waals surface area contributed by atoms with E-state index in [-0.39, 0.29) is 17.0 Å². The SMILES string of the molecule is CS(=O)(=O)c1c(C(F)(F)F)ccc(-c2ccc(C3CCNCC3)nc2)c1-c1nn[nH]n1. The summed E-state index contributed by atoms with van der Waals surface area (Å²) < 4.78 is 65.8. The number of alkyl halides is 3. The quantitative estimate of drug-likeness (QED) is 0.626. The maximum atomic E-state index is 13.6. The van der Waals surface area contributed by atoms with Gasteiger partial charge in [0.05, 0.1) is 16.0 Å². The molecule has 1 saturated heterocycles. The van der Waals surface area contributed by atoms with Crippen LogP contribution in [-0.2, 0) is 16.0 Å². The van der Waals surface area contributed by atoms with Crippen molar-refractivity contribution >= 4 is 9.84 Å². The van der Waals surface area contributed by atoms with Gasteiger partial charge in [0.25, 0.3) is 0 Å². The van der Waals surface area contributed by atoms with Crippen LogP contribution in [0.5, 0.6) is 0 Å². The van der Waals surface area contributed by atoms with E-state index in [2.05, 4.69) is 30.9 Å². The molecule has 0 amide bonds. The van der Waals surface area contributed by atoms with Gasteiger partial charge in [-0.25, -0.2) is 8.42 Å². The number of nitrogens with one attached hydrogen (secondary N) is 2. The summed E-state index contributed by atoms with van der Waals surface area (Å²) in [5.74, 6) is 0.0510. The van der Waals surface area contributed by atoms with E-state index in [4.69, 9.17) is 0 Å². The number of tetrazole rings is 1. The third-order valence-corrected chi connectivity index (χ3v) is 6.42. The summed E-state index contributed by atoms with van der Waals surface area (Å²) in [6.45, 7) is 1.79. The molecule has 0 saturated carbocycles. The fourth-order valence-electron chi connectivity index (χ4n) is 3.85. The number of halogens is 3. The zero-order valence-corrected chi connectivity index (χ0v) is 17.3. The molecule has 0 bridgehead atoms. The van der Waals surface area contributed by atoms with Crippen molar-refractivity contribution in [2.24, 2.45) is 0 Å². The lowest BCUT2D eigenvalue weighted by Gasteiger charge is -2.22. The average Bonchev–Trinajstić information content (AvgIpc) is 3.27. The number of aromatic nitrogens is 5. The molecule has 0 aliphatic carbocycles. The highest BCUT2D eigenvalue weighted by Gasteiger charge is 2.39. The molecule has 0 radical (unpaired) electrons. The van der Waals surface area contributed by atoms with Crippen molar-refractivity contribution in [1.29, 1.82) is 0 Å². The van der Waals surface area contributed by atoms with Gasteiger partial charge in [-0.05, 0) is 48.8 Å². The Balaban J connectivity index is 1.90. The van der Waals surface area contributed by atoms with Gasteiger partial charge < -0.3 is 5.32 Å². The molecule has 3 heterocycles. The molecule has 164 valence electrons. The first-order valence-corrected chi connectivity index (χ1v) is 11.4. The number of rotatable bonds is 4. The van der Waals surface area contributed by atoms with E-state index in [0.717, 1.165) is 43.9 Å². The molecule has 0 spiro atoms. The maximum Gasteiger partial charge on any atom is 0.417 e. The first-order chi connectivity index (χ1) is 14.7. The predicted octanol–water partition coefficient (Wildman–Crippen LogP) is 2.82. The Bertz CT molecular complexity index is 1170. The minimum atomic E-state index is -4.88. The van der Waals surface area contributed by atoms with Gasteiger partial charge in [0.1, 0.15) is 0 Å². The van der Waals surface area contributed by atoms with E-state index in [1.165, 1.54) is 12.3 Å². The van der Waals surface area contributed by atoms with E-state index in [1.54, 1.807) is 6.07 Å². The van der Waals surface area contributed by atoms with Crippen LogP contribution in [-0.4, -0.2) is 53.4 Å². The summed E-state index contributed by atoms with van der Waals surface area (Å²) in [4.78, 5) is 3.61. The lowest BCUT2D eigenvalue weighted by Crippen LogP contribution is -2.27. The Labute approximate surface area is 176 Å². The minimum Gasteiger partial charge on any atom is -0.317 e. The van der Waals surface area contributed by atoms with Crippen LogP contribution in [0.15, 0.2) is 35.4 Å². The maximum absolute atomic E-state index is 13.6. The third-order valence-electron chi connectivity index (χ3n) is 5.26. The Morgan fingerprint density at radius 2 is 1.84 bits per heavy atom. The van der Waals surface area contributed by atoms with Crippen LogP contribution in [0.4, 0.5) is 13.2 Å². The van der Waals surface area contributed by atoms with E-state index >= 15 is 0 Å². The second-order valence-corrected chi connectivity index (χ2v) is 9.32. The molecule has 1 aromatic carbocycles. The Kier molecular flexibility index (Phi) is 5.52. The number of pyridine rings is 1. The summed E-state index contributed by atoms with van der Waals surface area (Å²) in [5.41, 5.74) is 0.0252. The van der Waals surface area contributed by atoms with Crippen molar-refractivity contribution in [1.82, 2.24) is 30.9 Å². The van der Waals surface area contributed by atoms with Crippen LogP contribution in [0, 0.1) is 0 Å². The molecule has 1 aliphatic heterocycles. The number of hydrogen-bond acceptors (Lipinski definition) is 7. The first-order valence-electron chi connectivity index (χ1n) is 9.51. The fourth-order valence-corrected chi connectivity index (χ4v) is 5.00. The highest BCUT2D eigenvalue weighted by atomic mass is 32.2. The van der Waals surface area contributed by atoms with E-state index in [9.17, 15) is 21.6 Å². The van der Waals surface area contributed by atoms with Gasteiger partial charge in [0.2, 0.25) is 5.82 Å². The van der Waals surface area contributed by atoms with Crippen molar-refractivity contribution in [3.8, 4) is 22.5 Å². The Morgan fingerprint density at radius 1 is 1.10 bits per heavy atom. The van der Waals surface area contributed by atoms with Gasteiger partial charge >= 0.3 is 6.18 Å². The number of piperidine rings is 1. The number of nitrogens with zero attached hydrogens (tertiary/aromatic N) is 4. The van der Waals surface area contributed by atoms with Crippen LogP contribution in [0.25, 0.3) is 22.5 Å². The van der Waals surface area contributed by atoms with Gasteiger partial charge in [-0.2, -0.15) is 18.4 Å². The summed E-state index contributed by atoms with van der Waals surface area (Å²) >= 11 is 0. The molecule has 4 rings (SSSR count). The van der Waals surface area contributed by atoms with Crippen molar-refractivity contribution in [3.05, 3.63) is 41.7 Å². The summed E-state index contributed by atoms with van der Waals surface area (Å²) in [6, 6.07) is 5.52. The van der Waals surface area contributed by atoms with Crippen molar-refractivity contribution in [2.75, 3.05) is 19.3 Å². The molecular weight excluding hydrogens is 433 g/mol. The van der Waals surface area contributed by atoms with E-state index in [0.29, 0.717) is 11.5 Å². The average molecular weight is 452 g/mol. The van der Waals surface area contributed by atoms with Gasteiger partial charge in [0, 0.05) is 29.6 Å². The standard InChI is InChI=1S/C19H19F3N6O2S/c1-31(29,30)17-14(19(20,21)22)4-3-13(16(17)18-25-27-28-26-18)12-2-5-15(24-10-12)11-6-8-23-9-7-11/h2-5,10-11,23H,6-9H2,1H3,(H,25,26,27,28). The Morgan fingerprint density at radius 3 is 2.39 bits per heavy atom. The third kappa shape index (κ3) is 4.30. The lowest BCUT2D eigenvalue weighted by atomic mass is 9.92. The number of aromatic amines is 1. The summed E-state index contributed by atoms with van der Waals surface area (Å²) in [7, 11) is -4.30. The smallest absolute Gasteiger partial charge is 0.317 e. The van der Waals surface area contributed by atoms with Crippen molar-refractivity contribution < 1.29 is 21.6 Å². The largest absolute Gasteiger partial charge is 0.417 e. The topological polar surface area (TPSA) is 114 Å². The molecule has 2 aromatic heterocycles. The van der Waals surface area contributed by atoms with Crippen molar-refractivity contribution in [2.45, 2.75) is 29.8 Å².